The highest BCUT2D eigenvalue weighted by Crippen LogP contribution is 2.69. The van der Waals surface area contributed by atoms with Gasteiger partial charge in [0.25, 0.3) is 0 Å². The van der Waals surface area contributed by atoms with Gasteiger partial charge in [-0.15, -0.1) is 0 Å². The number of ether oxygens (including phenoxy) is 1. The fraction of sp³-hybridized carbons (Fsp3) is 0.850. The van der Waals surface area contributed by atoms with Crippen molar-refractivity contribution in [3.8, 4) is 0 Å². The van der Waals surface area contributed by atoms with Gasteiger partial charge in [-0.05, 0) is 37.7 Å². The van der Waals surface area contributed by atoms with E-state index in [1.165, 1.54) is 0 Å². The molecule has 5 atom stereocenters. The lowest BCUT2D eigenvalue weighted by molar-refractivity contribution is -0.314. The van der Waals surface area contributed by atoms with E-state index in [4.69, 9.17) is 4.74 Å². The number of fused-ring (bicyclic) bond motifs is 1. The maximum Gasteiger partial charge on any atom is 0.172 e. The summed E-state index contributed by atoms with van der Waals surface area (Å²) in [5, 5.41) is 22.0. The first-order valence-electron chi connectivity index (χ1n) is 9.31. The van der Waals surface area contributed by atoms with Crippen LogP contribution in [0.4, 0.5) is 0 Å². The standard InChI is InChI=1S/C20H32O4/c1-13(2)15(21)8-9-17(4)12-19-14(3)6-7-16(22)18(19,5)10-11-20(17,23)24-19/h13,16,22-23H,3,6-12H2,1-2,4-5H3. The molecule has 136 valence electrons. The van der Waals surface area contributed by atoms with E-state index in [1.807, 2.05) is 20.8 Å². The van der Waals surface area contributed by atoms with Gasteiger partial charge in [-0.1, -0.05) is 34.3 Å². The number of Topliss-reactive ketones (excluding diaryl/α,β-unsaturated/α-hetero) is 1. The lowest BCUT2D eigenvalue weighted by atomic mass is 9.57. The average molecular weight is 336 g/mol. The average Bonchev–Trinajstić information content (AvgIpc) is 2.72. The van der Waals surface area contributed by atoms with Gasteiger partial charge < -0.3 is 14.9 Å². The molecule has 2 N–H and O–H groups in total. The minimum Gasteiger partial charge on any atom is -0.392 e. The number of rotatable bonds is 4. The van der Waals surface area contributed by atoms with Gasteiger partial charge in [-0.2, -0.15) is 0 Å². The molecule has 3 fully saturated rings. The van der Waals surface area contributed by atoms with Crippen molar-refractivity contribution < 1.29 is 19.7 Å². The van der Waals surface area contributed by atoms with E-state index in [1.54, 1.807) is 0 Å². The molecule has 1 saturated carbocycles. The predicted molar refractivity (Wildman–Crippen MR) is 92.3 cm³/mol. The monoisotopic (exact) mass is 336 g/mol. The van der Waals surface area contributed by atoms with Gasteiger partial charge in [0.15, 0.2) is 5.79 Å². The summed E-state index contributed by atoms with van der Waals surface area (Å²) in [5.74, 6) is -0.993. The summed E-state index contributed by atoms with van der Waals surface area (Å²) in [4.78, 5) is 12.1. The van der Waals surface area contributed by atoms with Crippen LogP contribution in [0.15, 0.2) is 12.2 Å². The van der Waals surface area contributed by atoms with Gasteiger partial charge in [0.05, 0.1) is 6.10 Å². The summed E-state index contributed by atoms with van der Waals surface area (Å²) in [7, 11) is 0. The van der Waals surface area contributed by atoms with Gasteiger partial charge >= 0.3 is 0 Å². The Morgan fingerprint density at radius 1 is 1.38 bits per heavy atom. The van der Waals surface area contributed by atoms with Gasteiger partial charge in [-0.3, -0.25) is 4.79 Å². The molecule has 0 aromatic carbocycles. The Kier molecular flexibility index (Phi) is 4.06. The van der Waals surface area contributed by atoms with Crippen LogP contribution in [-0.2, 0) is 9.53 Å². The third-order valence-corrected chi connectivity index (χ3v) is 7.42. The van der Waals surface area contributed by atoms with Crippen LogP contribution < -0.4 is 0 Å². The molecule has 4 nitrogen and oxygen atoms in total. The molecule has 1 aliphatic carbocycles. The van der Waals surface area contributed by atoms with Crippen molar-refractivity contribution in [2.45, 2.75) is 90.1 Å². The van der Waals surface area contributed by atoms with E-state index in [9.17, 15) is 15.0 Å². The largest absolute Gasteiger partial charge is 0.392 e. The Morgan fingerprint density at radius 3 is 2.67 bits per heavy atom. The maximum atomic E-state index is 12.1. The third kappa shape index (κ3) is 2.19. The zero-order chi connectivity index (χ0) is 18.0. The van der Waals surface area contributed by atoms with Gasteiger partial charge in [-0.25, -0.2) is 0 Å². The van der Waals surface area contributed by atoms with E-state index in [0.717, 1.165) is 18.4 Å². The summed E-state index contributed by atoms with van der Waals surface area (Å²) in [6.07, 6.45) is 3.93. The normalized spacial score (nSPS) is 47.8. The van der Waals surface area contributed by atoms with Crippen LogP contribution in [-0.4, -0.2) is 33.5 Å². The number of carbonyl (C=O) groups excluding carboxylic acids is 1. The minimum atomic E-state index is -1.23. The second-order valence-corrected chi connectivity index (χ2v) is 9.15. The third-order valence-electron chi connectivity index (χ3n) is 7.42. The molecule has 2 saturated heterocycles. The molecular formula is C20H32O4. The maximum absolute atomic E-state index is 12.1. The molecule has 3 aliphatic rings. The quantitative estimate of drug-likeness (QED) is 0.773. The molecule has 2 heterocycles. The molecule has 3 rings (SSSR count). The van der Waals surface area contributed by atoms with E-state index >= 15 is 0 Å². The van der Waals surface area contributed by atoms with E-state index in [-0.39, 0.29) is 11.7 Å². The zero-order valence-electron chi connectivity index (χ0n) is 15.5. The number of hydrogen-bond donors (Lipinski definition) is 2. The Hall–Kier alpha value is -0.710. The second-order valence-electron chi connectivity index (χ2n) is 9.15. The van der Waals surface area contributed by atoms with Crippen molar-refractivity contribution in [2.75, 3.05) is 0 Å². The van der Waals surface area contributed by atoms with Crippen LogP contribution in [0, 0.1) is 16.7 Å². The Bertz CT molecular complexity index is 570. The van der Waals surface area contributed by atoms with E-state index in [2.05, 4.69) is 13.5 Å². The van der Waals surface area contributed by atoms with Gasteiger partial charge in [0.2, 0.25) is 0 Å². The van der Waals surface area contributed by atoms with E-state index in [0.29, 0.717) is 32.1 Å². The first-order chi connectivity index (χ1) is 11.0. The van der Waals surface area contributed by atoms with Crippen molar-refractivity contribution in [1.29, 1.82) is 0 Å². The first kappa shape index (κ1) is 18.1. The Labute approximate surface area is 145 Å². The molecule has 5 unspecified atom stereocenters. The fourth-order valence-corrected chi connectivity index (χ4v) is 5.28. The van der Waals surface area contributed by atoms with Crippen molar-refractivity contribution >= 4 is 5.78 Å². The molecule has 0 aromatic heterocycles. The summed E-state index contributed by atoms with van der Waals surface area (Å²) < 4.78 is 6.36. The summed E-state index contributed by atoms with van der Waals surface area (Å²) in [6, 6.07) is 0. The highest BCUT2D eigenvalue weighted by atomic mass is 16.7. The molecule has 4 heteroatoms. The van der Waals surface area contributed by atoms with Crippen molar-refractivity contribution in [3.05, 3.63) is 12.2 Å². The van der Waals surface area contributed by atoms with Crippen LogP contribution in [0.25, 0.3) is 0 Å². The molecule has 2 bridgehead atoms. The van der Waals surface area contributed by atoms with Gasteiger partial charge in [0, 0.05) is 29.6 Å². The van der Waals surface area contributed by atoms with Crippen LogP contribution in [0.3, 0.4) is 0 Å². The number of carbonyl (C=O) groups is 1. The summed E-state index contributed by atoms with van der Waals surface area (Å²) in [5.41, 5.74) is -0.580. The van der Waals surface area contributed by atoms with Crippen molar-refractivity contribution in [2.24, 2.45) is 16.7 Å². The predicted octanol–water partition coefficient (Wildman–Crippen LogP) is 3.36. The zero-order valence-corrected chi connectivity index (χ0v) is 15.5. The number of hydrogen-bond acceptors (Lipinski definition) is 4. The Balaban J connectivity index is 1.93. The molecule has 0 aromatic rings. The number of aliphatic hydroxyl groups is 2. The van der Waals surface area contributed by atoms with Crippen LogP contribution in [0.1, 0.15) is 72.6 Å². The topological polar surface area (TPSA) is 66.8 Å². The Morgan fingerprint density at radius 2 is 2.04 bits per heavy atom. The fourth-order valence-electron chi connectivity index (χ4n) is 5.28. The molecule has 2 aliphatic heterocycles. The highest BCUT2D eigenvalue weighted by molar-refractivity contribution is 5.80. The number of aliphatic hydroxyl groups excluding tert-OH is 1. The van der Waals surface area contributed by atoms with Gasteiger partial charge in [0.1, 0.15) is 11.4 Å². The van der Waals surface area contributed by atoms with Crippen LogP contribution in [0.2, 0.25) is 0 Å². The minimum absolute atomic E-state index is 0.0137. The molecule has 1 spiro atoms. The van der Waals surface area contributed by atoms with Crippen LogP contribution >= 0.6 is 0 Å². The lowest BCUT2D eigenvalue weighted by Crippen LogP contribution is -2.61. The first-order valence-corrected chi connectivity index (χ1v) is 9.31. The molecule has 0 radical (unpaired) electrons. The summed E-state index contributed by atoms with van der Waals surface area (Å²) >= 11 is 0. The molecule has 0 amide bonds. The van der Waals surface area contributed by atoms with E-state index < -0.39 is 28.3 Å². The second kappa shape index (κ2) is 5.39. The highest BCUT2D eigenvalue weighted by Gasteiger charge is 2.73. The van der Waals surface area contributed by atoms with Crippen LogP contribution in [0.5, 0.6) is 0 Å². The molecular weight excluding hydrogens is 304 g/mol. The summed E-state index contributed by atoms with van der Waals surface area (Å²) in [6.45, 7) is 12.2. The van der Waals surface area contributed by atoms with Crippen molar-refractivity contribution in [3.63, 3.8) is 0 Å². The smallest absolute Gasteiger partial charge is 0.172 e. The number of ketones is 1. The lowest BCUT2D eigenvalue weighted by Gasteiger charge is -2.56. The molecule has 24 heavy (non-hydrogen) atoms. The van der Waals surface area contributed by atoms with Crippen molar-refractivity contribution in [1.82, 2.24) is 0 Å². The SMILES string of the molecule is C=C1CCC(O)C2(C)CCC3(O)OC12CC3(C)CCC(=O)C(C)C.